The average molecular weight is 165 g/mol. The van der Waals surface area contributed by atoms with Crippen LogP contribution in [0.1, 0.15) is 18.5 Å². The van der Waals surface area contributed by atoms with E-state index in [1.54, 1.807) is 13.0 Å². The molecule has 1 N–H and O–H groups in total. The summed E-state index contributed by atoms with van der Waals surface area (Å²) in [7, 11) is 0. The molecular weight excluding hydrogens is 158 g/mol. The van der Waals surface area contributed by atoms with E-state index in [-0.39, 0.29) is 5.92 Å². The first-order valence-electron chi connectivity index (χ1n) is 3.18. The van der Waals surface area contributed by atoms with E-state index >= 15 is 0 Å². The van der Waals surface area contributed by atoms with Crippen LogP contribution in [0.25, 0.3) is 0 Å². The fourth-order valence-corrected chi connectivity index (χ4v) is 0.882. The van der Waals surface area contributed by atoms with Crippen LogP contribution >= 0.6 is 12.2 Å². The molecule has 1 aromatic heterocycles. The average Bonchev–Trinajstić information content (AvgIpc) is 2.03. The van der Waals surface area contributed by atoms with Crippen molar-refractivity contribution in [1.29, 1.82) is 5.26 Å². The standard InChI is InChI=1S/C7H7N3S/c1-5(3-8)6-2-7(11)10-4-9-6/h2,4-5H,1H3,(H,9,10,11). The highest BCUT2D eigenvalue weighted by atomic mass is 32.1. The topological polar surface area (TPSA) is 52.5 Å². The molecule has 0 fully saturated rings. The molecule has 11 heavy (non-hydrogen) atoms. The second-order valence-electron chi connectivity index (χ2n) is 2.19. The normalized spacial score (nSPS) is 12.0. The van der Waals surface area contributed by atoms with Gasteiger partial charge in [-0.2, -0.15) is 5.26 Å². The Balaban J connectivity index is 3.08. The lowest BCUT2D eigenvalue weighted by atomic mass is 10.1. The predicted molar refractivity (Wildman–Crippen MR) is 43.4 cm³/mol. The van der Waals surface area contributed by atoms with Crippen LogP contribution in [-0.4, -0.2) is 9.97 Å². The summed E-state index contributed by atoms with van der Waals surface area (Å²) in [5.74, 6) is -0.153. The fraction of sp³-hybridized carbons (Fsp3) is 0.286. The first-order valence-corrected chi connectivity index (χ1v) is 3.59. The molecule has 1 rings (SSSR count). The third kappa shape index (κ3) is 1.85. The van der Waals surface area contributed by atoms with Crippen LogP contribution in [0.15, 0.2) is 12.4 Å². The summed E-state index contributed by atoms with van der Waals surface area (Å²) in [6.45, 7) is 1.81. The minimum atomic E-state index is -0.153. The molecule has 1 unspecified atom stereocenters. The van der Waals surface area contributed by atoms with Gasteiger partial charge in [0.05, 0.1) is 18.3 Å². The van der Waals surface area contributed by atoms with Gasteiger partial charge in [-0.15, -0.1) is 0 Å². The molecule has 1 heterocycles. The van der Waals surface area contributed by atoms with Crippen molar-refractivity contribution in [1.82, 2.24) is 9.97 Å². The molecule has 0 aliphatic heterocycles. The number of hydrogen-bond donors (Lipinski definition) is 1. The van der Waals surface area contributed by atoms with E-state index in [0.29, 0.717) is 4.64 Å². The smallest absolute Gasteiger partial charge is 0.129 e. The summed E-state index contributed by atoms with van der Waals surface area (Å²) in [4.78, 5) is 6.67. The van der Waals surface area contributed by atoms with E-state index in [9.17, 15) is 0 Å². The van der Waals surface area contributed by atoms with E-state index in [4.69, 9.17) is 17.5 Å². The van der Waals surface area contributed by atoms with Crippen molar-refractivity contribution in [3.8, 4) is 6.07 Å². The van der Waals surface area contributed by atoms with Crippen molar-refractivity contribution in [2.45, 2.75) is 12.8 Å². The maximum absolute atomic E-state index is 8.55. The lowest BCUT2D eigenvalue weighted by Gasteiger charge is -1.99. The third-order valence-corrected chi connectivity index (χ3v) is 1.59. The zero-order valence-electron chi connectivity index (χ0n) is 6.03. The van der Waals surface area contributed by atoms with Crippen molar-refractivity contribution < 1.29 is 0 Å². The summed E-state index contributed by atoms with van der Waals surface area (Å²) in [5.41, 5.74) is 0.813. The van der Waals surface area contributed by atoms with Crippen molar-refractivity contribution in [3.63, 3.8) is 0 Å². The first-order chi connectivity index (χ1) is 5.24. The van der Waals surface area contributed by atoms with Crippen LogP contribution in [-0.2, 0) is 0 Å². The summed E-state index contributed by atoms with van der Waals surface area (Å²) in [6, 6.07) is 3.80. The Morgan fingerprint density at radius 3 is 3.09 bits per heavy atom. The second-order valence-corrected chi connectivity index (χ2v) is 2.61. The molecule has 3 nitrogen and oxygen atoms in total. The number of aromatic nitrogens is 2. The maximum Gasteiger partial charge on any atom is 0.129 e. The number of H-pyrrole nitrogens is 1. The summed E-state index contributed by atoms with van der Waals surface area (Å²) in [5, 5.41) is 8.55. The fourth-order valence-electron chi connectivity index (χ4n) is 0.702. The van der Waals surface area contributed by atoms with Crippen molar-refractivity contribution >= 4 is 12.2 Å². The van der Waals surface area contributed by atoms with Crippen molar-refractivity contribution in [3.05, 3.63) is 22.7 Å². The molecule has 0 aliphatic carbocycles. The van der Waals surface area contributed by atoms with Gasteiger partial charge in [0, 0.05) is 5.69 Å². The quantitative estimate of drug-likeness (QED) is 0.645. The van der Waals surface area contributed by atoms with E-state index in [0.717, 1.165) is 5.69 Å². The Labute approximate surface area is 69.7 Å². The van der Waals surface area contributed by atoms with Crippen molar-refractivity contribution in [2.75, 3.05) is 0 Å². The van der Waals surface area contributed by atoms with Gasteiger partial charge in [-0.05, 0) is 13.0 Å². The van der Waals surface area contributed by atoms with Crippen molar-refractivity contribution in [2.24, 2.45) is 0 Å². The molecular formula is C7H7N3S. The van der Waals surface area contributed by atoms with Gasteiger partial charge in [0.15, 0.2) is 0 Å². The van der Waals surface area contributed by atoms with Crippen LogP contribution in [0.4, 0.5) is 0 Å². The lowest BCUT2D eigenvalue weighted by molar-refractivity contribution is 0.900. The van der Waals surface area contributed by atoms with E-state index in [1.807, 2.05) is 0 Å². The second kappa shape index (κ2) is 3.26. The SMILES string of the molecule is CC(C#N)c1cc(=S)nc[nH]1. The molecule has 1 aromatic rings. The molecule has 56 valence electrons. The van der Waals surface area contributed by atoms with E-state index in [1.165, 1.54) is 6.33 Å². The predicted octanol–water partition coefficient (Wildman–Crippen LogP) is 1.77. The molecule has 0 aliphatic rings. The van der Waals surface area contributed by atoms with Crippen LogP contribution < -0.4 is 0 Å². The summed E-state index contributed by atoms with van der Waals surface area (Å²) < 4.78 is 0.515. The summed E-state index contributed by atoms with van der Waals surface area (Å²) in [6.07, 6.45) is 1.51. The number of nitrogens with one attached hydrogen (secondary N) is 1. The number of nitriles is 1. The van der Waals surface area contributed by atoms with E-state index in [2.05, 4.69) is 16.0 Å². The zero-order valence-corrected chi connectivity index (χ0v) is 6.85. The Morgan fingerprint density at radius 1 is 1.82 bits per heavy atom. The van der Waals surface area contributed by atoms with Gasteiger partial charge in [-0.1, -0.05) is 12.2 Å². The highest BCUT2D eigenvalue weighted by Gasteiger charge is 2.02. The Bertz CT molecular complexity index is 336. The van der Waals surface area contributed by atoms with Crippen LogP contribution in [0, 0.1) is 16.0 Å². The van der Waals surface area contributed by atoms with Gasteiger partial charge in [0.2, 0.25) is 0 Å². The lowest BCUT2D eigenvalue weighted by Crippen LogP contribution is -1.94. The molecule has 0 saturated carbocycles. The molecule has 0 spiro atoms. The molecule has 1 atom stereocenters. The van der Waals surface area contributed by atoms with Gasteiger partial charge in [0.25, 0.3) is 0 Å². The molecule has 0 aromatic carbocycles. The molecule has 0 saturated heterocycles. The Kier molecular flexibility index (Phi) is 2.34. The monoisotopic (exact) mass is 165 g/mol. The van der Waals surface area contributed by atoms with Crippen LogP contribution in [0.2, 0.25) is 0 Å². The van der Waals surface area contributed by atoms with Crippen LogP contribution in [0.3, 0.4) is 0 Å². The van der Waals surface area contributed by atoms with Gasteiger partial charge in [-0.25, -0.2) is 4.98 Å². The third-order valence-electron chi connectivity index (χ3n) is 1.36. The highest BCUT2D eigenvalue weighted by molar-refractivity contribution is 7.71. The van der Waals surface area contributed by atoms with Gasteiger partial charge < -0.3 is 4.98 Å². The number of hydrogen-bond acceptors (Lipinski definition) is 3. The maximum atomic E-state index is 8.55. The molecule has 0 radical (unpaired) electrons. The minimum Gasteiger partial charge on any atom is -0.349 e. The van der Waals surface area contributed by atoms with Gasteiger partial charge in [-0.3, -0.25) is 0 Å². The van der Waals surface area contributed by atoms with Crippen LogP contribution in [0.5, 0.6) is 0 Å². The molecule has 0 amide bonds. The molecule has 0 bridgehead atoms. The number of rotatable bonds is 1. The minimum absolute atomic E-state index is 0.153. The van der Waals surface area contributed by atoms with Gasteiger partial charge in [0.1, 0.15) is 4.64 Å². The highest BCUT2D eigenvalue weighted by Crippen LogP contribution is 2.08. The Hall–Kier alpha value is -1.21. The largest absolute Gasteiger partial charge is 0.349 e. The number of nitrogens with zero attached hydrogens (tertiary/aromatic N) is 2. The zero-order chi connectivity index (χ0) is 8.27. The molecule has 4 heteroatoms. The Morgan fingerprint density at radius 2 is 2.55 bits per heavy atom. The first kappa shape index (κ1) is 7.89. The number of aromatic amines is 1. The van der Waals surface area contributed by atoms with E-state index < -0.39 is 0 Å². The summed E-state index contributed by atoms with van der Waals surface area (Å²) >= 11 is 4.83. The van der Waals surface area contributed by atoms with Gasteiger partial charge >= 0.3 is 0 Å².